The summed E-state index contributed by atoms with van der Waals surface area (Å²) in [5.41, 5.74) is 2.13. The van der Waals surface area contributed by atoms with E-state index in [0.29, 0.717) is 23.9 Å². The molecule has 2 aromatic carbocycles. The Hall–Kier alpha value is -4.17. The van der Waals surface area contributed by atoms with E-state index in [2.05, 4.69) is 25.9 Å². The van der Waals surface area contributed by atoms with Gasteiger partial charge in [-0.15, -0.1) is 0 Å². The van der Waals surface area contributed by atoms with Gasteiger partial charge in [0.25, 0.3) is 11.4 Å². The number of amides is 1. The summed E-state index contributed by atoms with van der Waals surface area (Å²) in [6.07, 6.45) is 1.69. The third kappa shape index (κ3) is 8.66. The highest BCUT2D eigenvalue weighted by Crippen LogP contribution is 2.40. The van der Waals surface area contributed by atoms with E-state index in [-0.39, 0.29) is 23.3 Å². The largest absolute Gasteiger partial charge is 0.465 e. The number of esters is 1. The van der Waals surface area contributed by atoms with Crippen LogP contribution in [0.2, 0.25) is 0 Å². The maximum Gasteiger partial charge on any atom is 0.324 e. The number of aromatic nitrogens is 1. The molecule has 0 aliphatic carbocycles. The number of carbonyl (C=O) groups excluding carboxylic acids is 2. The summed E-state index contributed by atoms with van der Waals surface area (Å²) in [6, 6.07) is 17.5. The molecule has 0 N–H and O–H groups in total. The van der Waals surface area contributed by atoms with Crippen LogP contribution in [0, 0.1) is 20.2 Å². The second-order valence-corrected chi connectivity index (χ2v) is 11.0. The van der Waals surface area contributed by atoms with Gasteiger partial charge in [0.15, 0.2) is 5.17 Å². The van der Waals surface area contributed by atoms with E-state index in [0.717, 1.165) is 11.3 Å². The lowest BCUT2D eigenvalue weighted by molar-refractivity contribution is -0.385. The summed E-state index contributed by atoms with van der Waals surface area (Å²) < 4.78 is 4.82. The molecule has 1 amide bonds. The minimum Gasteiger partial charge on any atom is -0.465 e. The molecule has 0 radical (unpaired) electrons. The Bertz CT molecular complexity index is 1440. The van der Waals surface area contributed by atoms with E-state index < -0.39 is 25.9 Å². The van der Waals surface area contributed by atoms with Gasteiger partial charge in [-0.25, -0.2) is 0 Å². The molecule has 0 bridgehead atoms. The SMILES string of the molecule is CC(C)N=C1SC(c2ccc([N+](=O)[O-])cc2)C(=O)N1Cc1ccccn1.CCOC(=O)C(Br)c1ccc([N+](=O)[O-])cc1. The van der Waals surface area contributed by atoms with E-state index >= 15 is 0 Å². The minimum atomic E-state index is -0.590. The van der Waals surface area contributed by atoms with Gasteiger partial charge in [-0.05, 0) is 44.0 Å². The van der Waals surface area contributed by atoms with Crippen molar-refractivity contribution in [3.63, 3.8) is 0 Å². The van der Waals surface area contributed by atoms with Crippen molar-refractivity contribution in [3.8, 4) is 0 Å². The molecule has 2 heterocycles. The maximum absolute atomic E-state index is 13.0. The van der Waals surface area contributed by atoms with Crippen molar-refractivity contribution in [1.82, 2.24) is 9.88 Å². The summed E-state index contributed by atoms with van der Waals surface area (Å²) in [7, 11) is 0. The van der Waals surface area contributed by atoms with Gasteiger partial charge in [0.05, 0.1) is 28.7 Å². The Morgan fingerprint density at radius 2 is 1.64 bits per heavy atom. The van der Waals surface area contributed by atoms with E-state index in [1.54, 1.807) is 30.2 Å². The first-order chi connectivity index (χ1) is 20.0. The smallest absolute Gasteiger partial charge is 0.324 e. The monoisotopic (exact) mass is 657 g/mol. The summed E-state index contributed by atoms with van der Waals surface area (Å²) in [6.45, 7) is 6.27. The van der Waals surface area contributed by atoms with E-state index in [1.807, 2.05) is 32.0 Å². The Kier molecular flexibility index (Phi) is 11.7. The number of non-ortho nitro benzene ring substituents is 2. The topological polar surface area (TPSA) is 158 Å². The van der Waals surface area contributed by atoms with E-state index in [4.69, 9.17) is 4.74 Å². The van der Waals surface area contributed by atoms with Crippen LogP contribution in [0.1, 0.15) is 47.7 Å². The highest BCUT2D eigenvalue weighted by atomic mass is 79.9. The second-order valence-electron chi connectivity index (χ2n) is 9.06. The molecule has 1 fully saturated rings. The molecule has 0 saturated carbocycles. The number of pyridine rings is 1. The molecular weight excluding hydrogens is 630 g/mol. The lowest BCUT2D eigenvalue weighted by Crippen LogP contribution is -2.30. The number of carbonyl (C=O) groups is 2. The summed E-state index contributed by atoms with van der Waals surface area (Å²) in [5, 5.41) is 21.4. The van der Waals surface area contributed by atoms with E-state index in [1.165, 1.54) is 48.2 Å². The Balaban J connectivity index is 0.000000260. The van der Waals surface area contributed by atoms with Crippen LogP contribution in [0.15, 0.2) is 77.9 Å². The molecule has 1 saturated heterocycles. The minimum absolute atomic E-state index is 0.00519. The first-order valence-corrected chi connectivity index (χ1v) is 14.6. The second kappa shape index (κ2) is 15.2. The maximum atomic E-state index is 13.0. The number of nitro benzene ring substituents is 2. The zero-order valence-electron chi connectivity index (χ0n) is 23.0. The predicted octanol–water partition coefficient (Wildman–Crippen LogP) is 6.16. The zero-order valence-corrected chi connectivity index (χ0v) is 25.4. The Labute approximate surface area is 254 Å². The molecule has 4 rings (SSSR count). The van der Waals surface area contributed by atoms with Gasteiger partial charge in [-0.1, -0.05) is 58.0 Å². The van der Waals surface area contributed by atoms with Crippen molar-refractivity contribution in [2.45, 2.75) is 43.4 Å². The molecule has 42 heavy (non-hydrogen) atoms. The average molecular weight is 659 g/mol. The Morgan fingerprint density at radius 3 is 2.14 bits per heavy atom. The molecular formula is C28H28BrN5O7S. The van der Waals surface area contributed by atoms with Gasteiger partial charge >= 0.3 is 5.97 Å². The number of nitrogens with zero attached hydrogens (tertiary/aromatic N) is 5. The first-order valence-electron chi connectivity index (χ1n) is 12.8. The Morgan fingerprint density at radius 1 is 1.05 bits per heavy atom. The van der Waals surface area contributed by atoms with Crippen LogP contribution in [-0.4, -0.2) is 49.4 Å². The normalized spacial score (nSPS) is 16.1. The average Bonchev–Trinajstić information content (AvgIpc) is 3.27. The zero-order chi connectivity index (χ0) is 30.8. The number of rotatable bonds is 9. The van der Waals surface area contributed by atoms with Gasteiger partial charge in [0.1, 0.15) is 10.1 Å². The number of amidine groups is 1. The lowest BCUT2D eigenvalue weighted by Gasteiger charge is -2.16. The third-order valence-corrected chi connectivity index (χ3v) is 7.80. The lowest BCUT2D eigenvalue weighted by atomic mass is 10.1. The summed E-state index contributed by atoms with van der Waals surface area (Å²) in [4.78, 5) is 54.6. The number of ether oxygens (including phenoxy) is 1. The van der Waals surface area contributed by atoms with Crippen LogP contribution >= 0.6 is 27.7 Å². The quantitative estimate of drug-likeness (QED) is 0.114. The molecule has 1 aliphatic rings. The van der Waals surface area contributed by atoms with Gasteiger partial charge < -0.3 is 4.74 Å². The van der Waals surface area contributed by atoms with Crippen molar-refractivity contribution in [1.29, 1.82) is 0 Å². The molecule has 14 heteroatoms. The highest BCUT2D eigenvalue weighted by Gasteiger charge is 2.39. The number of hydrogen-bond donors (Lipinski definition) is 0. The van der Waals surface area contributed by atoms with Crippen molar-refractivity contribution in [2.24, 2.45) is 4.99 Å². The first kappa shape index (κ1) is 32.3. The molecule has 1 aliphatic heterocycles. The van der Waals surface area contributed by atoms with Crippen molar-refractivity contribution in [2.75, 3.05) is 6.61 Å². The number of aliphatic imine (C=N–C) groups is 1. The summed E-state index contributed by atoms with van der Waals surface area (Å²) in [5.74, 6) is -0.495. The van der Waals surface area contributed by atoms with Crippen LogP contribution in [0.3, 0.4) is 0 Å². The fourth-order valence-corrected chi connectivity index (χ4v) is 5.40. The van der Waals surface area contributed by atoms with Gasteiger partial charge in [-0.3, -0.25) is 44.7 Å². The fraction of sp³-hybridized carbons (Fsp3) is 0.286. The molecule has 12 nitrogen and oxygen atoms in total. The van der Waals surface area contributed by atoms with Gasteiger partial charge in [0.2, 0.25) is 5.91 Å². The van der Waals surface area contributed by atoms with Crippen LogP contribution in [0.4, 0.5) is 11.4 Å². The van der Waals surface area contributed by atoms with Crippen molar-refractivity contribution < 1.29 is 24.2 Å². The standard InChI is InChI=1S/C18H18N4O3S.C10H10BrNO4/c1-12(2)20-18-21(11-14-5-3-4-10-19-14)17(23)16(26-18)13-6-8-15(9-7-13)22(24)25;1-2-16-10(13)9(11)7-3-5-8(6-4-7)12(14)15/h3-10,12,16H,11H2,1-2H3;3-6,9H,2H2,1H3. The molecule has 220 valence electrons. The summed E-state index contributed by atoms with van der Waals surface area (Å²) >= 11 is 4.54. The number of nitro groups is 2. The molecule has 1 aromatic heterocycles. The predicted molar refractivity (Wildman–Crippen MR) is 162 cm³/mol. The number of benzene rings is 2. The highest BCUT2D eigenvalue weighted by molar-refractivity contribution is 9.09. The van der Waals surface area contributed by atoms with Crippen molar-refractivity contribution >= 4 is 56.1 Å². The number of thioether (sulfide) groups is 1. The van der Waals surface area contributed by atoms with Gasteiger partial charge in [-0.2, -0.15) is 0 Å². The van der Waals surface area contributed by atoms with Crippen LogP contribution in [0.5, 0.6) is 0 Å². The molecule has 3 aromatic rings. The van der Waals surface area contributed by atoms with Crippen LogP contribution in [-0.2, 0) is 20.9 Å². The molecule has 0 spiro atoms. The van der Waals surface area contributed by atoms with Gasteiger partial charge in [0, 0.05) is 36.5 Å². The van der Waals surface area contributed by atoms with Crippen LogP contribution < -0.4 is 0 Å². The number of hydrogen-bond acceptors (Lipinski definition) is 10. The van der Waals surface area contributed by atoms with Crippen molar-refractivity contribution in [3.05, 3.63) is 110 Å². The molecule has 2 unspecified atom stereocenters. The van der Waals surface area contributed by atoms with E-state index in [9.17, 15) is 29.8 Å². The molecule has 2 atom stereocenters. The van der Waals surface area contributed by atoms with Crippen LogP contribution in [0.25, 0.3) is 0 Å². The number of halogens is 1. The third-order valence-electron chi connectivity index (χ3n) is 5.66. The fourth-order valence-electron chi connectivity index (χ4n) is 3.67. The number of alkyl halides is 1.